The minimum atomic E-state index is -0.165. The number of cyclic esters (lactones) is 1. The summed E-state index contributed by atoms with van der Waals surface area (Å²) in [6, 6.07) is 14.2. The van der Waals surface area contributed by atoms with Gasteiger partial charge in [-0.2, -0.15) is 0 Å². The summed E-state index contributed by atoms with van der Waals surface area (Å²) in [5, 5.41) is 2.30. The number of fused-ring (bicyclic) bond motifs is 1. The van der Waals surface area contributed by atoms with E-state index < -0.39 is 0 Å². The fourth-order valence-corrected chi connectivity index (χ4v) is 2.89. The van der Waals surface area contributed by atoms with Crippen LogP contribution < -0.4 is 0 Å². The lowest BCUT2D eigenvalue weighted by atomic mass is 9.88. The van der Waals surface area contributed by atoms with E-state index in [4.69, 9.17) is 4.74 Å². The largest absolute Gasteiger partial charge is 0.430 e. The molecule has 0 saturated carbocycles. The summed E-state index contributed by atoms with van der Waals surface area (Å²) in [4.78, 5) is 13.8. The number of halogens is 1. The van der Waals surface area contributed by atoms with Gasteiger partial charge in [0.25, 0.3) is 0 Å². The van der Waals surface area contributed by atoms with Crippen LogP contribution in [-0.2, 0) is 9.53 Å². The Morgan fingerprint density at radius 2 is 1.95 bits per heavy atom. The molecule has 0 aromatic heterocycles. The molecule has 0 aliphatic carbocycles. The fourth-order valence-electron chi connectivity index (χ4n) is 2.57. The van der Waals surface area contributed by atoms with Crippen LogP contribution in [0.25, 0.3) is 10.8 Å². The number of allylic oxidation sites excluding steroid dienone is 1. The van der Waals surface area contributed by atoms with Crippen LogP contribution in [0.3, 0.4) is 0 Å². The summed E-state index contributed by atoms with van der Waals surface area (Å²) < 4.78 is 5.33. The van der Waals surface area contributed by atoms with Crippen molar-refractivity contribution >= 4 is 32.7 Å². The Kier molecular flexibility index (Phi) is 3.38. The van der Waals surface area contributed by atoms with Gasteiger partial charge in [-0.25, -0.2) is 0 Å². The van der Waals surface area contributed by atoms with Crippen LogP contribution in [0.15, 0.2) is 53.2 Å². The fraction of sp³-hybridized carbons (Fsp3) is 0.188. The molecule has 0 N–H and O–H groups in total. The highest BCUT2D eigenvalue weighted by Gasteiger charge is 2.29. The Bertz CT molecular complexity index is 655. The summed E-state index contributed by atoms with van der Waals surface area (Å²) in [6.45, 7) is 0. The number of benzene rings is 2. The Balaban J connectivity index is 2.03. The van der Waals surface area contributed by atoms with Crippen molar-refractivity contribution in [1.29, 1.82) is 0 Å². The van der Waals surface area contributed by atoms with Crippen LogP contribution >= 0.6 is 15.9 Å². The summed E-state index contributed by atoms with van der Waals surface area (Å²) in [5.74, 6) is 0.386. The van der Waals surface area contributed by atoms with Crippen LogP contribution in [0.2, 0.25) is 0 Å². The molecule has 2 nitrogen and oxygen atoms in total. The predicted molar refractivity (Wildman–Crippen MR) is 79.0 cm³/mol. The molecule has 0 unspecified atom stereocenters. The maximum absolute atomic E-state index is 12.1. The zero-order valence-corrected chi connectivity index (χ0v) is 11.9. The van der Waals surface area contributed by atoms with Crippen molar-refractivity contribution in [3.63, 3.8) is 0 Å². The molecule has 0 radical (unpaired) electrons. The predicted octanol–water partition coefficient (Wildman–Crippen LogP) is 4.50. The molecule has 1 fully saturated rings. The molecular weight excluding hydrogens is 304 g/mol. The summed E-state index contributed by atoms with van der Waals surface area (Å²) >= 11 is 3.22. The summed E-state index contributed by atoms with van der Waals surface area (Å²) in [6.07, 6.45) is 1.58. The molecule has 1 saturated heterocycles. The van der Waals surface area contributed by atoms with Gasteiger partial charge in [0.2, 0.25) is 0 Å². The molecule has 3 rings (SSSR count). The second-order valence-corrected chi connectivity index (χ2v) is 5.11. The highest BCUT2D eigenvalue weighted by molar-refractivity contribution is 9.11. The number of hydrogen-bond donors (Lipinski definition) is 0. The molecule has 1 atom stereocenters. The average molecular weight is 317 g/mol. The zero-order valence-electron chi connectivity index (χ0n) is 10.3. The number of carbonyl (C=O) groups is 1. The van der Waals surface area contributed by atoms with Crippen molar-refractivity contribution in [2.75, 3.05) is 0 Å². The van der Waals surface area contributed by atoms with Gasteiger partial charge in [-0.1, -0.05) is 58.4 Å². The highest BCUT2D eigenvalue weighted by Crippen LogP contribution is 2.35. The molecular formula is C16H13BrO2. The van der Waals surface area contributed by atoms with E-state index in [2.05, 4.69) is 34.1 Å². The smallest absolute Gasteiger partial charge is 0.318 e. The first-order chi connectivity index (χ1) is 9.29. The van der Waals surface area contributed by atoms with E-state index >= 15 is 0 Å². The third kappa shape index (κ3) is 2.30. The average Bonchev–Trinajstić information content (AvgIpc) is 2.46. The Hall–Kier alpha value is -1.61. The van der Waals surface area contributed by atoms with Gasteiger partial charge in [-0.15, -0.1) is 0 Å². The third-order valence-corrected chi connectivity index (χ3v) is 4.03. The van der Waals surface area contributed by atoms with Crippen LogP contribution in [0.4, 0.5) is 0 Å². The van der Waals surface area contributed by atoms with Gasteiger partial charge in [0.05, 0.1) is 5.92 Å². The number of carbonyl (C=O) groups excluding carboxylic acids is 1. The maximum atomic E-state index is 12.1. The van der Waals surface area contributed by atoms with E-state index in [9.17, 15) is 4.79 Å². The molecule has 0 amide bonds. The van der Waals surface area contributed by atoms with E-state index in [0.717, 1.165) is 29.2 Å². The van der Waals surface area contributed by atoms with Gasteiger partial charge in [-0.3, -0.25) is 4.79 Å². The number of ether oxygens (including phenoxy) is 1. The lowest BCUT2D eigenvalue weighted by Crippen LogP contribution is -2.21. The molecule has 2 aromatic carbocycles. The second kappa shape index (κ2) is 5.17. The van der Waals surface area contributed by atoms with E-state index in [-0.39, 0.29) is 11.9 Å². The lowest BCUT2D eigenvalue weighted by Gasteiger charge is -2.23. The van der Waals surface area contributed by atoms with Crippen molar-refractivity contribution in [3.05, 3.63) is 58.8 Å². The number of esters is 1. The molecule has 2 aromatic rings. The first-order valence-electron chi connectivity index (χ1n) is 6.28. The monoisotopic (exact) mass is 316 g/mol. The third-order valence-electron chi connectivity index (χ3n) is 3.52. The lowest BCUT2D eigenvalue weighted by molar-refractivity contribution is -0.143. The van der Waals surface area contributed by atoms with Crippen molar-refractivity contribution in [2.45, 2.75) is 18.8 Å². The molecule has 1 heterocycles. The van der Waals surface area contributed by atoms with E-state index in [0.29, 0.717) is 5.76 Å². The van der Waals surface area contributed by atoms with E-state index in [1.54, 1.807) is 4.99 Å². The molecule has 0 bridgehead atoms. The number of rotatable bonds is 1. The SMILES string of the molecule is O=C1O/C(=C\Br)CC[C@H]1c1cccc2ccccc12. The highest BCUT2D eigenvalue weighted by atomic mass is 79.9. The normalized spacial score (nSPS) is 21.6. The summed E-state index contributed by atoms with van der Waals surface area (Å²) in [5.41, 5.74) is 1.07. The van der Waals surface area contributed by atoms with E-state index in [1.807, 2.05) is 24.3 Å². The molecule has 1 aliphatic rings. The standard InChI is InChI=1S/C16H13BrO2/c17-10-12-8-9-15(16(18)19-12)14-7-3-5-11-4-1-2-6-13(11)14/h1-7,10,15H,8-9H2/b12-10-/t15-/m0/s1. The van der Waals surface area contributed by atoms with Gasteiger partial charge in [-0.05, 0) is 22.8 Å². The molecule has 0 spiro atoms. The van der Waals surface area contributed by atoms with Gasteiger partial charge in [0.15, 0.2) is 0 Å². The van der Waals surface area contributed by atoms with Gasteiger partial charge in [0.1, 0.15) is 5.76 Å². The van der Waals surface area contributed by atoms with Crippen LogP contribution in [0, 0.1) is 0 Å². The Morgan fingerprint density at radius 3 is 2.74 bits per heavy atom. The molecule has 1 aliphatic heterocycles. The van der Waals surface area contributed by atoms with Gasteiger partial charge >= 0.3 is 5.97 Å². The second-order valence-electron chi connectivity index (χ2n) is 4.66. The zero-order chi connectivity index (χ0) is 13.2. The van der Waals surface area contributed by atoms with Crippen LogP contribution in [0.5, 0.6) is 0 Å². The molecule has 96 valence electrons. The Morgan fingerprint density at radius 1 is 1.16 bits per heavy atom. The van der Waals surface area contributed by atoms with E-state index in [1.165, 1.54) is 0 Å². The Labute approximate surface area is 120 Å². The van der Waals surface area contributed by atoms with Gasteiger partial charge < -0.3 is 4.74 Å². The number of hydrogen-bond acceptors (Lipinski definition) is 2. The first kappa shape index (κ1) is 12.4. The van der Waals surface area contributed by atoms with Crippen LogP contribution in [-0.4, -0.2) is 5.97 Å². The molecule has 3 heteroatoms. The van der Waals surface area contributed by atoms with Crippen LogP contribution in [0.1, 0.15) is 24.3 Å². The van der Waals surface area contributed by atoms with Crippen molar-refractivity contribution in [1.82, 2.24) is 0 Å². The van der Waals surface area contributed by atoms with Crippen molar-refractivity contribution in [3.8, 4) is 0 Å². The van der Waals surface area contributed by atoms with Crippen molar-refractivity contribution in [2.24, 2.45) is 0 Å². The maximum Gasteiger partial charge on any atom is 0.318 e. The van der Waals surface area contributed by atoms with Crippen molar-refractivity contribution < 1.29 is 9.53 Å². The topological polar surface area (TPSA) is 26.3 Å². The summed E-state index contributed by atoms with van der Waals surface area (Å²) in [7, 11) is 0. The minimum absolute atomic E-state index is 0.159. The van der Waals surface area contributed by atoms with Gasteiger partial charge in [0, 0.05) is 11.4 Å². The molecule has 19 heavy (non-hydrogen) atoms. The first-order valence-corrected chi connectivity index (χ1v) is 7.20. The quantitative estimate of drug-likeness (QED) is 0.724. The minimum Gasteiger partial charge on any atom is -0.430 e.